The van der Waals surface area contributed by atoms with Gasteiger partial charge in [0.15, 0.2) is 12.3 Å². The molecule has 1 N–H and O–H groups in total. The molecule has 0 radical (unpaired) electrons. The Balaban J connectivity index is 1.58. The fraction of sp³-hybridized carbons (Fsp3) is 0.294. The van der Waals surface area contributed by atoms with E-state index < -0.39 is 5.97 Å². The van der Waals surface area contributed by atoms with Crippen LogP contribution in [0.3, 0.4) is 0 Å². The number of hydrogen-bond donors (Lipinski definition) is 1. The minimum Gasteiger partial charge on any atom is -0.451 e. The highest BCUT2D eigenvalue weighted by atomic mass is 32.2. The molecule has 0 saturated carbocycles. The number of aryl methyl sites for hydroxylation is 1. The number of ether oxygens (including phenoxy) is 1. The molecular weight excluding hydrogens is 326 g/mol. The van der Waals surface area contributed by atoms with Gasteiger partial charge in [-0.05, 0) is 31.2 Å². The lowest BCUT2D eigenvalue weighted by molar-refractivity contribution is -0.124. The topological polar surface area (TPSA) is 81.2 Å². The molecule has 6 nitrogen and oxygen atoms in total. The van der Waals surface area contributed by atoms with Crippen molar-refractivity contribution in [3.63, 3.8) is 0 Å². The van der Waals surface area contributed by atoms with Crippen molar-refractivity contribution in [1.82, 2.24) is 15.3 Å². The molecule has 0 fully saturated rings. The first kappa shape index (κ1) is 17.9. The number of rotatable bonds is 8. The first-order valence-electron chi connectivity index (χ1n) is 7.55. The van der Waals surface area contributed by atoms with Crippen LogP contribution in [-0.4, -0.2) is 40.7 Å². The molecule has 1 aromatic heterocycles. The number of carbonyl (C=O) groups is 2. The van der Waals surface area contributed by atoms with E-state index >= 15 is 0 Å². The lowest BCUT2D eigenvalue weighted by Gasteiger charge is -2.06. The van der Waals surface area contributed by atoms with E-state index in [1.807, 2.05) is 18.2 Å². The van der Waals surface area contributed by atoms with Gasteiger partial charge in [-0.3, -0.25) is 9.78 Å². The molecule has 126 valence electrons. The Hall–Kier alpha value is -2.41. The van der Waals surface area contributed by atoms with Crippen molar-refractivity contribution >= 4 is 23.6 Å². The van der Waals surface area contributed by atoms with E-state index in [9.17, 15) is 9.59 Å². The van der Waals surface area contributed by atoms with Crippen molar-refractivity contribution in [1.29, 1.82) is 0 Å². The number of amides is 1. The lowest BCUT2D eigenvalue weighted by atomic mass is 10.4. The Bertz CT molecular complexity index is 663. The zero-order valence-corrected chi connectivity index (χ0v) is 14.2. The second-order valence-electron chi connectivity index (χ2n) is 4.98. The fourth-order valence-electron chi connectivity index (χ4n) is 1.76. The minimum atomic E-state index is -0.655. The third-order valence-corrected chi connectivity index (χ3v) is 4.08. The highest BCUT2D eigenvalue weighted by Gasteiger charge is 2.11. The summed E-state index contributed by atoms with van der Waals surface area (Å²) in [6.45, 7) is 1.99. The molecule has 0 bridgehead atoms. The van der Waals surface area contributed by atoms with Crippen molar-refractivity contribution in [2.24, 2.45) is 0 Å². The Morgan fingerprint density at radius 3 is 2.67 bits per heavy atom. The van der Waals surface area contributed by atoms with Gasteiger partial charge < -0.3 is 10.1 Å². The standard InChI is InChI=1S/C17H19N3O3S/c1-13-10-20-15(11-19-13)17(22)23-12-16(21)18-8-5-9-24-14-6-3-2-4-7-14/h2-4,6-7,10-11H,5,8-9,12H2,1H3,(H,18,21). The molecule has 1 heterocycles. The van der Waals surface area contributed by atoms with E-state index in [1.165, 1.54) is 17.3 Å². The van der Waals surface area contributed by atoms with Gasteiger partial charge in [0.25, 0.3) is 5.91 Å². The van der Waals surface area contributed by atoms with Crippen LogP contribution in [0.15, 0.2) is 47.6 Å². The van der Waals surface area contributed by atoms with Crippen LogP contribution >= 0.6 is 11.8 Å². The Morgan fingerprint density at radius 2 is 1.96 bits per heavy atom. The van der Waals surface area contributed by atoms with Gasteiger partial charge in [0.05, 0.1) is 11.9 Å². The van der Waals surface area contributed by atoms with Gasteiger partial charge in [0, 0.05) is 17.6 Å². The molecular formula is C17H19N3O3S. The maximum atomic E-state index is 11.7. The van der Waals surface area contributed by atoms with Gasteiger partial charge in [-0.15, -0.1) is 11.8 Å². The number of nitrogens with one attached hydrogen (secondary N) is 1. The number of nitrogens with zero attached hydrogens (tertiary/aromatic N) is 2. The van der Waals surface area contributed by atoms with Crippen molar-refractivity contribution < 1.29 is 14.3 Å². The molecule has 1 aromatic carbocycles. The Kier molecular flexibility index (Phi) is 7.22. The van der Waals surface area contributed by atoms with E-state index in [-0.39, 0.29) is 18.2 Å². The van der Waals surface area contributed by atoms with Gasteiger partial charge in [-0.25, -0.2) is 9.78 Å². The summed E-state index contributed by atoms with van der Waals surface area (Å²) in [6, 6.07) is 10.1. The summed E-state index contributed by atoms with van der Waals surface area (Å²) in [5.41, 5.74) is 0.797. The van der Waals surface area contributed by atoms with E-state index in [4.69, 9.17) is 4.74 Å². The number of hydrogen-bond acceptors (Lipinski definition) is 6. The van der Waals surface area contributed by atoms with Crippen molar-refractivity contribution in [3.05, 3.63) is 54.1 Å². The Labute approximate surface area is 145 Å². The summed E-state index contributed by atoms with van der Waals surface area (Å²) in [5.74, 6) is -0.0753. The summed E-state index contributed by atoms with van der Waals surface area (Å²) in [5, 5.41) is 2.72. The van der Waals surface area contributed by atoms with Gasteiger partial charge in [0.2, 0.25) is 0 Å². The smallest absolute Gasteiger partial charge is 0.359 e. The maximum absolute atomic E-state index is 11.7. The largest absolute Gasteiger partial charge is 0.451 e. The van der Waals surface area contributed by atoms with Crippen LogP contribution in [0.5, 0.6) is 0 Å². The van der Waals surface area contributed by atoms with Crippen LogP contribution in [0, 0.1) is 6.92 Å². The quantitative estimate of drug-likeness (QED) is 0.449. The zero-order valence-electron chi connectivity index (χ0n) is 13.4. The summed E-state index contributed by atoms with van der Waals surface area (Å²) in [7, 11) is 0. The molecule has 1 amide bonds. The number of aromatic nitrogens is 2. The van der Waals surface area contributed by atoms with Crippen LogP contribution in [0.4, 0.5) is 0 Å². The van der Waals surface area contributed by atoms with Gasteiger partial charge in [-0.2, -0.15) is 0 Å². The molecule has 0 aliphatic rings. The first-order valence-corrected chi connectivity index (χ1v) is 8.54. The van der Waals surface area contributed by atoms with E-state index in [2.05, 4.69) is 27.4 Å². The number of esters is 1. The van der Waals surface area contributed by atoms with Gasteiger partial charge in [0.1, 0.15) is 0 Å². The zero-order chi connectivity index (χ0) is 17.2. The minimum absolute atomic E-state index is 0.0904. The van der Waals surface area contributed by atoms with Crippen molar-refractivity contribution in [3.8, 4) is 0 Å². The molecule has 2 aromatic rings. The molecule has 7 heteroatoms. The van der Waals surface area contributed by atoms with Crippen molar-refractivity contribution in [2.45, 2.75) is 18.2 Å². The third kappa shape index (κ3) is 6.37. The predicted octanol–water partition coefficient (Wildman–Crippen LogP) is 2.24. The monoisotopic (exact) mass is 345 g/mol. The summed E-state index contributed by atoms with van der Waals surface area (Å²) in [4.78, 5) is 32.4. The second-order valence-corrected chi connectivity index (χ2v) is 6.15. The lowest BCUT2D eigenvalue weighted by Crippen LogP contribution is -2.30. The van der Waals surface area contributed by atoms with Crippen LogP contribution in [0.25, 0.3) is 0 Å². The highest BCUT2D eigenvalue weighted by Crippen LogP contribution is 2.17. The molecule has 0 unspecified atom stereocenters. The molecule has 24 heavy (non-hydrogen) atoms. The normalized spacial score (nSPS) is 10.2. The third-order valence-electron chi connectivity index (χ3n) is 2.98. The summed E-state index contributed by atoms with van der Waals surface area (Å²) < 4.78 is 4.90. The van der Waals surface area contributed by atoms with Crippen molar-refractivity contribution in [2.75, 3.05) is 18.9 Å². The molecule has 0 aliphatic heterocycles. The van der Waals surface area contributed by atoms with Crippen LogP contribution < -0.4 is 5.32 Å². The first-order chi connectivity index (χ1) is 11.6. The highest BCUT2D eigenvalue weighted by molar-refractivity contribution is 7.99. The summed E-state index contributed by atoms with van der Waals surface area (Å²) in [6.07, 6.45) is 3.64. The van der Waals surface area contributed by atoms with Crippen LogP contribution in [0.1, 0.15) is 22.6 Å². The molecule has 0 saturated heterocycles. The number of benzene rings is 1. The van der Waals surface area contributed by atoms with Crippen LogP contribution in [-0.2, 0) is 9.53 Å². The molecule has 2 rings (SSSR count). The van der Waals surface area contributed by atoms with E-state index in [0.717, 1.165) is 12.2 Å². The predicted molar refractivity (Wildman–Crippen MR) is 91.8 cm³/mol. The molecule has 0 aliphatic carbocycles. The van der Waals surface area contributed by atoms with E-state index in [1.54, 1.807) is 18.7 Å². The fourth-order valence-corrected chi connectivity index (χ4v) is 2.63. The number of carbonyl (C=O) groups excluding carboxylic acids is 2. The average molecular weight is 345 g/mol. The second kappa shape index (κ2) is 9.67. The Morgan fingerprint density at radius 1 is 1.17 bits per heavy atom. The molecule has 0 spiro atoms. The van der Waals surface area contributed by atoms with E-state index in [0.29, 0.717) is 12.2 Å². The number of thioether (sulfide) groups is 1. The summed E-state index contributed by atoms with van der Waals surface area (Å²) >= 11 is 1.74. The maximum Gasteiger partial charge on any atom is 0.359 e. The van der Waals surface area contributed by atoms with Gasteiger partial charge in [-0.1, -0.05) is 18.2 Å². The van der Waals surface area contributed by atoms with Gasteiger partial charge >= 0.3 is 5.97 Å². The SMILES string of the molecule is Cc1cnc(C(=O)OCC(=O)NCCCSc2ccccc2)cn1. The van der Waals surface area contributed by atoms with Crippen LogP contribution in [0.2, 0.25) is 0 Å². The molecule has 0 atom stereocenters. The average Bonchev–Trinajstić information content (AvgIpc) is 2.61.